The largest absolute Gasteiger partial charge is 0.496 e. The third-order valence-corrected chi connectivity index (χ3v) is 3.91. The fourth-order valence-electron chi connectivity index (χ4n) is 1.86. The van der Waals surface area contributed by atoms with E-state index in [4.69, 9.17) is 21.1 Å². The number of methoxy groups -OCH3 is 2. The highest BCUT2D eigenvalue weighted by Gasteiger charge is 2.15. The molecule has 7 heteroatoms. The number of nitrogens with one attached hydrogen (secondary N) is 1. The zero-order chi connectivity index (χ0) is 15.4. The Morgan fingerprint density at radius 2 is 2.05 bits per heavy atom. The number of ether oxygens (including phenoxy) is 2. The standard InChI is InChI=1S/C14H15BrClN3O2/c1-17-14-12(15)10(7-20-2)18-13(19-14)9-5-4-8(16)6-11(9)21-3/h4-6H,7H2,1-3H3,(H,17,18,19). The van der Waals surface area contributed by atoms with Gasteiger partial charge in [0.05, 0.1) is 29.4 Å². The minimum Gasteiger partial charge on any atom is -0.496 e. The first-order valence-electron chi connectivity index (χ1n) is 6.17. The van der Waals surface area contributed by atoms with E-state index in [-0.39, 0.29) is 0 Å². The smallest absolute Gasteiger partial charge is 0.165 e. The Morgan fingerprint density at radius 1 is 1.29 bits per heavy atom. The maximum absolute atomic E-state index is 5.99. The van der Waals surface area contributed by atoms with Gasteiger partial charge in [-0.15, -0.1) is 0 Å². The first-order valence-corrected chi connectivity index (χ1v) is 7.34. The van der Waals surface area contributed by atoms with Crippen molar-refractivity contribution >= 4 is 33.3 Å². The van der Waals surface area contributed by atoms with E-state index in [1.165, 1.54) is 0 Å². The summed E-state index contributed by atoms with van der Waals surface area (Å²) in [5, 5.41) is 3.63. The van der Waals surface area contributed by atoms with E-state index in [1.807, 2.05) is 6.07 Å². The topological polar surface area (TPSA) is 56.3 Å². The van der Waals surface area contributed by atoms with E-state index >= 15 is 0 Å². The van der Waals surface area contributed by atoms with E-state index in [0.717, 1.165) is 15.7 Å². The summed E-state index contributed by atoms with van der Waals surface area (Å²) in [6, 6.07) is 5.34. The van der Waals surface area contributed by atoms with Crippen LogP contribution in [0.25, 0.3) is 11.4 Å². The molecular weight excluding hydrogens is 358 g/mol. The normalized spacial score (nSPS) is 10.5. The molecule has 0 amide bonds. The quantitative estimate of drug-likeness (QED) is 0.866. The van der Waals surface area contributed by atoms with Crippen molar-refractivity contribution in [3.63, 3.8) is 0 Å². The first kappa shape index (κ1) is 16.0. The molecule has 2 rings (SSSR count). The van der Waals surface area contributed by atoms with Gasteiger partial charge >= 0.3 is 0 Å². The highest BCUT2D eigenvalue weighted by Crippen LogP contribution is 2.33. The Hall–Kier alpha value is -1.37. The summed E-state index contributed by atoms with van der Waals surface area (Å²) in [5.41, 5.74) is 1.52. The monoisotopic (exact) mass is 371 g/mol. The molecular formula is C14H15BrClN3O2. The Labute approximate surface area is 136 Å². The predicted molar refractivity (Wildman–Crippen MR) is 87.0 cm³/mol. The third kappa shape index (κ3) is 3.45. The average Bonchev–Trinajstić information content (AvgIpc) is 2.49. The molecule has 0 atom stereocenters. The number of aromatic nitrogens is 2. The second-order valence-corrected chi connectivity index (χ2v) is 5.41. The highest BCUT2D eigenvalue weighted by molar-refractivity contribution is 9.10. The van der Waals surface area contributed by atoms with Crippen molar-refractivity contribution in [1.29, 1.82) is 0 Å². The summed E-state index contributed by atoms with van der Waals surface area (Å²) in [7, 11) is 5.01. The van der Waals surface area contributed by atoms with Crippen LogP contribution in [-0.4, -0.2) is 31.2 Å². The van der Waals surface area contributed by atoms with Crippen molar-refractivity contribution in [1.82, 2.24) is 9.97 Å². The molecule has 0 unspecified atom stereocenters. The molecule has 0 fully saturated rings. The summed E-state index contributed by atoms with van der Waals surface area (Å²) in [5.74, 6) is 1.85. The average molecular weight is 373 g/mol. The predicted octanol–water partition coefficient (Wildman–Crippen LogP) is 3.76. The molecule has 112 valence electrons. The fourth-order valence-corrected chi connectivity index (χ4v) is 2.51. The molecule has 21 heavy (non-hydrogen) atoms. The minimum atomic E-state index is 0.376. The van der Waals surface area contributed by atoms with Crippen LogP contribution in [0.15, 0.2) is 22.7 Å². The van der Waals surface area contributed by atoms with Gasteiger partial charge in [0.15, 0.2) is 5.82 Å². The van der Waals surface area contributed by atoms with Gasteiger partial charge in [-0.25, -0.2) is 9.97 Å². The lowest BCUT2D eigenvalue weighted by Gasteiger charge is -2.13. The molecule has 1 heterocycles. The SMILES string of the molecule is CNc1nc(-c2ccc(Cl)cc2OC)nc(COC)c1Br. The molecule has 1 N–H and O–H groups in total. The molecule has 2 aromatic rings. The summed E-state index contributed by atoms with van der Waals surface area (Å²) in [6.07, 6.45) is 0. The molecule has 0 aliphatic rings. The second-order valence-electron chi connectivity index (χ2n) is 4.18. The second kappa shape index (κ2) is 7.06. The fraction of sp³-hybridized carbons (Fsp3) is 0.286. The van der Waals surface area contributed by atoms with Gasteiger partial charge in [0.25, 0.3) is 0 Å². The van der Waals surface area contributed by atoms with Crippen molar-refractivity contribution < 1.29 is 9.47 Å². The number of hydrogen-bond acceptors (Lipinski definition) is 5. The number of hydrogen-bond donors (Lipinski definition) is 1. The number of benzene rings is 1. The van der Waals surface area contributed by atoms with Gasteiger partial charge in [0.2, 0.25) is 0 Å². The van der Waals surface area contributed by atoms with Crippen molar-refractivity contribution in [3.8, 4) is 17.1 Å². The van der Waals surface area contributed by atoms with Gasteiger partial charge in [-0.1, -0.05) is 11.6 Å². The summed E-state index contributed by atoms with van der Waals surface area (Å²) >= 11 is 9.46. The van der Waals surface area contributed by atoms with E-state index in [2.05, 4.69) is 31.2 Å². The van der Waals surface area contributed by atoms with Gasteiger partial charge in [-0.2, -0.15) is 0 Å². The molecule has 0 saturated heterocycles. The first-order chi connectivity index (χ1) is 10.1. The van der Waals surface area contributed by atoms with Crippen LogP contribution in [0.4, 0.5) is 5.82 Å². The zero-order valence-corrected chi connectivity index (χ0v) is 14.2. The molecule has 1 aromatic carbocycles. The molecule has 1 aromatic heterocycles. The van der Waals surface area contributed by atoms with Crippen LogP contribution >= 0.6 is 27.5 Å². The molecule has 0 bridgehead atoms. The van der Waals surface area contributed by atoms with E-state index in [9.17, 15) is 0 Å². The lowest BCUT2D eigenvalue weighted by Crippen LogP contribution is -2.04. The molecule has 0 aliphatic heterocycles. The van der Waals surface area contributed by atoms with Crippen LogP contribution in [0.1, 0.15) is 5.69 Å². The summed E-state index contributed by atoms with van der Waals surface area (Å²) in [6.45, 7) is 0.376. The molecule has 0 radical (unpaired) electrons. The Morgan fingerprint density at radius 3 is 2.67 bits per heavy atom. The van der Waals surface area contributed by atoms with Crippen LogP contribution in [0.3, 0.4) is 0 Å². The van der Waals surface area contributed by atoms with Gasteiger partial charge in [-0.05, 0) is 34.1 Å². The number of nitrogens with zero attached hydrogens (tertiary/aromatic N) is 2. The highest BCUT2D eigenvalue weighted by atomic mass is 79.9. The Kier molecular flexibility index (Phi) is 5.39. The Bertz CT molecular complexity index is 652. The van der Waals surface area contributed by atoms with E-state index in [0.29, 0.717) is 29.0 Å². The van der Waals surface area contributed by atoms with Crippen molar-refractivity contribution in [3.05, 3.63) is 33.4 Å². The van der Waals surface area contributed by atoms with Gasteiger partial charge in [0.1, 0.15) is 11.6 Å². The van der Waals surface area contributed by atoms with Crippen LogP contribution in [0.2, 0.25) is 5.02 Å². The van der Waals surface area contributed by atoms with E-state index in [1.54, 1.807) is 33.4 Å². The Balaban J connectivity index is 2.60. The van der Waals surface area contributed by atoms with Crippen molar-refractivity contribution in [2.45, 2.75) is 6.61 Å². The molecule has 5 nitrogen and oxygen atoms in total. The van der Waals surface area contributed by atoms with Crippen LogP contribution < -0.4 is 10.1 Å². The lowest BCUT2D eigenvalue weighted by atomic mass is 10.2. The minimum absolute atomic E-state index is 0.376. The van der Waals surface area contributed by atoms with Crippen LogP contribution in [0, 0.1) is 0 Å². The third-order valence-electron chi connectivity index (χ3n) is 2.84. The number of anilines is 1. The van der Waals surface area contributed by atoms with Gasteiger partial charge in [-0.3, -0.25) is 0 Å². The lowest BCUT2D eigenvalue weighted by molar-refractivity contribution is 0.181. The zero-order valence-electron chi connectivity index (χ0n) is 11.9. The van der Waals surface area contributed by atoms with Crippen LogP contribution in [-0.2, 0) is 11.3 Å². The van der Waals surface area contributed by atoms with E-state index < -0.39 is 0 Å². The molecule has 0 saturated carbocycles. The van der Waals surface area contributed by atoms with Crippen molar-refractivity contribution in [2.24, 2.45) is 0 Å². The maximum Gasteiger partial charge on any atom is 0.165 e. The summed E-state index contributed by atoms with van der Waals surface area (Å²) in [4.78, 5) is 9.03. The van der Waals surface area contributed by atoms with Crippen LogP contribution in [0.5, 0.6) is 5.75 Å². The molecule has 0 spiro atoms. The summed E-state index contributed by atoms with van der Waals surface area (Å²) < 4.78 is 11.3. The van der Waals surface area contributed by atoms with Crippen molar-refractivity contribution in [2.75, 3.05) is 26.6 Å². The number of halogens is 2. The maximum atomic E-state index is 5.99. The van der Waals surface area contributed by atoms with Gasteiger partial charge in [0, 0.05) is 19.2 Å². The van der Waals surface area contributed by atoms with Gasteiger partial charge < -0.3 is 14.8 Å². The molecule has 0 aliphatic carbocycles. The number of rotatable bonds is 5.